The molecule has 0 atom stereocenters. The lowest BCUT2D eigenvalue weighted by Crippen LogP contribution is -2.37. The molecule has 0 fully saturated rings. The molecule has 266 valence electrons. The minimum absolute atomic E-state index is 0.0253. The van der Waals surface area contributed by atoms with E-state index in [1.165, 1.54) is 10.8 Å². The lowest BCUT2D eigenvalue weighted by atomic mass is 9.87. The summed E-state index contributed by atoms with van der Waals surface area (Å²) in [4.78, 5) is 4.09. The van der Waals surface area contributed by atoms with Gasteiger partial charge in [-0.1, -0.05) is 167 Å². The van der Waals surface area contributed by atoms with Crippen molar-refractivity contribution in [2.75, 3.05) is 9.80 Å². The van der Waals surface area contributed by atoms with E-state index in [1.807, 2.05) is 36.4 Å². The Labute approximate surface area is 331 Å². The number of fused-ring (bicyclic) bond motifs is 2. The van der Waals surface area contributed by atoms with Crippen molar-refractivity contribution < 1.29 is 9.60 Å². The van der Waals surface area contributed by atoms with Crippen molar-refractivity contribution in [2.45, 2.75) is 45.8 Å². The number of benzene rings is 8. The van der Waals surface area contributed by atoms with Crippen LogP contribution in [0.15, 0.2) is 182 Å². The fourth-order valence-electron chi connectivity index (χ4n) is 7.03. The third-order valence-corrected chi connectivity index (χ3v) is 12.2. The van der Waals surface area contributed by atoms with Crippen LogP contribution in [0.5, 0.6) is 0 Å². The number of rotatable bonds is 8. The van der Waals surface area contributed by atoms with Crippen LogP contribution in [0.1, 0.15) is 35.9 Å². The third kappa shape index (κ3) is 6.96. The molecule has 0 aromatic heterocycles. The summed E-state index contributed by atoms with van der Waals surface area (Å²) in [5.41, 5.74) is 7.82. The molecule has 54 heavy (non-hydrogen) atoms. The maximum absolute atomic E-state index is 9.22. The van der Waals surface area contributed by atoms with Gasteiger partial charge < -0.3 is 9.80 Å². The number of anilines is 6. The van der Waals surface area contributed by atoms with E-state index >= 15 is 0 Å². The van der Waals surface area contributed by atoms with Gasteiger partial charge in [0.15, 0.2) is 0 Å². The van der Waals surface area contributed by atoms with Crippen LogP contribution in [0.3, 0.4) is 0 Å². The predicted octanol–water partition coefficient (Wildman–Crippen LogP) is 14.4. The second kappa shape index (κ2) is 14.2. The first-order valence-corrected chi connectivity index (χ1v) is 21.9. The maximum Gasteiger partial charge on any atom is 0.0775 e. The minimum Gasteiger partial charge on any atom is -0.310 e. The molecule has 0 amide bonds. The second-order valence-electron chi connectivity index (χ2n) is 15.8. The van der Waals surface area contributed by atoms with Gasteiger partial charge in [-0.15, -0.1) is 0 Å². The molecule has 8 rings (SSSR count). The summed E-state index contributed by atoms with van der Waals surface area (Å²) in [6.07, 6.45) is 0. The molecule has 8 aromatic carbocycles. The SMILES string of the molecule is [2H]c1c([2H])c([2H])c2c(N(c3ccc(-c4ccc(N(c5ccc(C(C)(C)C)cc5)c5cccc6ccccc56)cc4)cc3)c3ccc([Si](C)(C)C)cc3)c([2H])c([2H])c([2H])c2c1[2H]. The highest BCUT2D eigenvalue weighted by molar-refractivity contribution is 6.88. The van der Waals surface area contributed by atoms with Gasteiger partial charge in [0, 0.05) is 33.5 Å². The zero-order chi connectivity index (χ0) is 43.5. The van der Waals surface area contributed by atoms with Crippen molar-refractivity contribution in [2.24, 2.45) is 0 Å². The summed E-state index contributed by atoms with van der Waals surface area (Å²) in [5, 5.41) is 3.50. The third-order valence-electron chi connectivity index (χ3n) is 10.1. The molecular formula is C51H48N2Si. The Hall–Kier alpha value is -5.90. The second-order valence-corrected chi connectivity index (χ2v) is 20.9. The predicted molar refractivity (Wildman–Crippen MR) is 238 cm³/mol. The lowest BCUT2D eigenvalue weighted by molar-refractivity contribution is 0.590. The number of nitrogens with zero attached hydrogens (tertiary/aromatic N) is 2. The van der Waals surface area contributed by atoms with Crippen LogP contribution in [-0.4, -0.2) is 8.07 Å². The van der Waals surface area contributed by atoms with Gasteiger partial charge in [-0.05, 0) is 93.5 Å². The molecule has 0 aliphatic rings. The Balaban J connectivity index is 1.23. The van der Waals surface area contributed by atoms with Gasteiger partial charge in [-0.3, -0.25) is 0 Å². The Morgan fingerprint density at radius 2 is 0.944 bits per heavy atom. The van der Waals surface area contributed by atoms with Crippen molar-refractivity contribution in [3.8, 4) is 11.1 Å². The Kier molecular flexibility index (Phi) is 7.25. The normalized spacial score (nSPS) is 13.7. The van der Waals surface area contributed by atoms with Gasteiger partial charge in [-0.25, -0.2) is 0 Å². The number of hydrogen-bond donors (Lipinski definition) is 0. The van der Waals surface area contributed by atoms with Gasteiger partial charge in [0.1, 0.15) is 0 Å². The first-order valence-electron chi connectivity index (χ1n) is 21.9. The van der Waals surface area contributed by atoms with Gasteiger partial charge in [0.05, 0.1) is 29.0 Å². The molecule has 0 heterocycles. The van der Waals surface area contributed by atoms with Crippen LogP contribution < -0.4 is 15.0 Å². The molecule has 0 unspecified atom stereocenters. The van der Waals surface area contributed by atoms with Crippen molar-refractivity contribution in [1.82, 2.24) is 0 Å². The standard InChI is InChI=1S/C51H48N2Si/c1-51(2,3)41-25-31-44(32-26-41)52(49-19-11-15-39-13-7-9-17-47(39)49)42-27-21-37(22-28-42)38-23-29-43(30-24-38)53(45-33-35-46(36-34-45)54(4,5)6)50-20-12-16-40-14-8-10-18-48(40)50/h7-36H,1-6H3/i8D,10D,12D,14D,16D,18D,20D. The molecule has 0 saturated carbocycles. The van der Waals surface area contributed by atoms with Gasteiger partial charge in [-0.2, -0.15) is 0 Å². The summed E-state index contributed by atoms with van der Waals surface area (Å²) in [6, 6.07) is 45.3. The molecule has 0 aliphatic heterocycles. The summed E-state index contributed by atoms with van der Waals surface area (Å²) in [7, 11) is -1.68. The maximum atomic E-state index is 9.22. The molecule has 3 heteroatoms. The number of hydrogen-bond acceptors (Lipinski definition) is 2. The Morgan fingerprint density at radius 1 is 0.444 bits per heavy atom. The van der Waals surface area contributed by atoms with E-state index < -0.39 is 38.3 Å². The van der Waals surface area contributed by atoms with Crippen molar-refractivity contribution >= 4 is 68.9 Å². The molecule has 0 spiro atoms. The Morgan fingerprint density at radius 3 is 1.54 bits per heavy atom. The van der Waals surface area contributed by atoms with E-state index in [4.69, 9.17) is 8.22 Å². The van der Waals surface area contributed by atoms with E-state index in [-0.39, 0.29) is 34.0 Å². The van der Waals surface area contributed by atoms with E-state index in [0.717, 1.165) is 39.0 Å². The summed E-state index contributed by atoms with van der Waals surface area (Å²) in [5.74, 6) is 0. The van der Waals surface area contributed by atoms with E-state index in [1.54, 1.807) is 4.90 Å². The van der Waals surface area contributed by atoms with Gasteiger partial charge in [0.25, 0.3) is 0 Å². The lowest BCUT2D eigenvalue weighted by Gasteiger charge is -2.28. The Bertz CT molecular complexity index is 2920. The first kappa shape index (κ1) is 27.7. The van der Waals surface area contributed by atoms with Gasteiger partial charge in [0.2, 0.25) is 0 Å². The van der Waals surface area contributed by atoms with Crippen molar-refractivity contribution in [1.29, 1.82) is 0 Å². The van der Waals surface area contributed by atoms with Crippen molar-refractivity contribution in [3.63, 3.8) is 0 Å². The van der Waals surface area contributed by atoms with Crippen LogP contribution in [-0.2, 0) is 5.41 Å². The molecule has 8 aromatic rings. The van der Waals surface area contributed by atoms with E-state index in [2.05, 4.69) is 148 Å². The zero-order valence-corrected chi connectivity index (χ0v) is 32.7. The monoisotopic (exact) mass is 723 g/mol. The fourth-order valence-corrected chi connectivity index (χ4v) is 8.20. The topological polar surface area (TPSA) is 6.48 Å². The van der Waals surface area contributed by atoms with E-state index in [0.29, 0.717) is 11.4 Å². The van der Waals surface area contributed by atoms with Crippen LogP contribution in [0.2, 0.25) is 19.6 Å². The van der Waals surface area contributed by atoms with Crippen molar-refractivity contribution in [3.05, 3.63) is 187 Å². The highest BCUT2D eigenvalue weighted by Crippen LogP contribution is 2.42. The molecule has 0 saturated heterocycles. The smallest absolute Gasteiger partial charge is 0.0775 e. The first-order chi connectivity index (χ1) is 29.0. The van der Waals surface area contributed by atoms with Crippen LogP contribution in [0, 0.1) is 0 Å². The molecule has 0 bridgehead atoms. The summed E-state index contributed by atoms with van der Waals surface area (Å²) < 4.78 is 61.4. The highest BCUT2D eigenvalue weighted by Gasteiger charge is 2.21. The molecule has 2 nitrogen and oxygen atoms in total. The van der Waals surface area contributed by atoms with E-state index in [9.17, 15) is 1.37 Å². The quantitative estimate of drug-likeness (QED) is 0.144. The highest BCUT2D eigenvalue weighted by atomic mass is 28.3. The largest absolute Gasteiger partial charge is 0.310 e. The summed E-state index contributed by atoms with van der Waals surface area (Å²) >= 11 is 0. The molecule has 0 aliphatic carbocycles. The van der Waals surface area contributed by atoms with Crippen LogP contribution in [0.25, 0.3) is 32.7 Å². The van der Waals surface area contributed by atoms with Gasteiger partial charge >= 0.3 is 0 Å². The molecule has 0 radical (unpaired) electrons. The molecule has 0 N–H and O–H groups in total. The molecular weight excluding hydrogens is 669 g/mol. The summed E-state index contributed by atoms with van der Waals surface area (Å²) in [6.45, 7) is 13.5. The fraction of sp³-hybridized carbons (Fsp3) is 0.137. The minimum atomic E-state index is -1.68. The zero-order valence-electron chi connectivity index (χ0n) is 38.7. The average Bonchev–Trinajstić information content (AvgIpc) is 3.25. The average molecular weight is 724 g/mol. The van der Waals surface area contributed by atoms with Crippen LogP contribution in [0.4, 0.5) is 34.1 Å². The van der Waals surface area contributed by atoms with Crippen LogP contribution >= 0.6 is 0 Å².